The molecule has 0 saturated heterocycles. The number of carbonyl (C=O) groups excluding carboxylic acids is 6. The summed E-state index contributed by atoms with van der Waals surface area (Å²) in [5, 5.41) is 33.9. The third-order valence-electron chi connectivity index (χ3n) is 11.0. The van der Waals surface area contributed by atoms with Crippen LogP contribution in [0.2, 0.25) is 0 Å². The summed E-state index contributed by atoms with van der Waals surface area (Å²) < 4.78 is 43.5. The number of aromatic nitrogens is 1. The molecule has 1 aromatic heterocycles. The summed E-state index contributed by atoms with van der Waals surface area (Å²) in [4.78, 5) is 119. The van der Waals surface area contributed by atoms with Crippen LogP contribution in [0.5, 0.6) is 0 Å². The lowest BCUT2D eigenvalue weighted by Gasteiger charge is -2.24. The van der Waals surface area contributed by atoms with Gasteiger partial charge in [-0.1, -0.05) is 46.3 Å². The van der Waals surface area contributed by atoms with Crippen LogP contribution in [0.3, 0.4) is 0 Å². The maximum absolute atomic E-state index is 14.4. The van der Waals surface area contributed by atoms with Crippen LogP contribution in [0.15, 0.2) is 86.8 Å². The van der Waals surface area contributed by atoms with E-state index >= 15 is 0 Å². The fourth-order valence-electron chi connectivity index (χ4n) is 7.42. The van der Waals surface area contributed by atoms with Crippen LogP contribution in [0.4, 0.5) is 4.39 Å². The van der Waals surface area contributed by atoms with E-state index in [1.807, 2.05) is 0 Å². The number of nitrogens with one attached hydrogen (secondary N) is 4. The van der Waals surface area contributed by atoms with Gasteiger partial charge < -0.3 is 30.9 Å². The van der Waals surface area contributed by atoms with Crippen molar-refractivity contribution in [3.05, 3.63) is 98.8 Å². The van der Waals surface area contributed by atoms with Gasteiger partial charge in [0.15, 0.2) is 17.3 Å². The van der Waals surface area contributed by atoms with E-state index < -0.39 is 144 Å². The van der Waals surface area contributed by atoms with Gasteiger partial charge in [0.1, 0.15) is 11.6 Å². The van der Waals surface area contributed by atoms with Crippen molar-refractivity contribution < 1.29 is 71.3 Å². The Balaban J connectivity index is 1.56. The van der Waals surface area contributed by atoms with Crippen molar-refractivity contribution in [3.8, 4) is 0 Å². The quantitative estimate of drug-likeness (QED) is 0.0373. The fraction of sp³-hybridized carbons (Fsp3) is 0.370. The summed E-state index contributed by atoms with van der Waals surface area (Å²) in [6.07, 6.45) is -3.22. The number of benzene rings is 3. The molecule has 68 heavy (non-hydrogen) atoms. The standard InChI is InChI=1S/C46H49Br2FN4O14S/c1-25(54)27(9-13-42(58)59)19-39(56)37(18-30-23-50-36-8-3-2-7-34(30)36)52-46(65)29(15-26-5-4-6-32(49)16-26)17-33(55)24-51-45(64)28(10-14-43(60)61)20-40(57)38(22-44(62)63)53-68(66,67)41-12-11-31(47)21-35(41)48/h2-8,11-12,16,21,23,27-29,37-38,50,53H,9-10,13-15,17-20,22,24H2,1H3,(H,51,64)(H,52,65)(H,58,59)(H,60,61)(H,62,63)/t27-,28-,29-,37+,38-/m1/s1. The van der Waals surface area contributed by atoms with E-state index in [0.717, 1.165) is 23.0 Å². The van der Waals surface area contributed by atoms with Gasteiger partial charge in [-0.05, 0) is 89.6 Å². The highest BCUT2D eigenvalue weighted by molar-refractivity contribution is 9.11. The first-order valence-electron chi connectivity index (χ1n) is 21.1. The summed E-state index contributed by atoms with van der Waals surface area (Å²) in [5.41, 5.74) is 1.63. The van der Waals surface area contributed by atoms with Crippen molar-refractivity contribution in [1.82, 2.24) is 20.3 Å². The minimum Gasteiger partial charge on any atom is -0.481 e. The van der Waals surface area contributed by atoms with E-state index in [1.54, 1.807) is 30.5 Å². The molecule has 4 rings (SSSR count). The van der Waals surface area contributed by atoms with Crippen molar-refractivity contribution in [2.45, 2.75) is 88.1 Å². The summed E-state index contributed by atoms with van der Waals surface area (Å²) in [6.45, 7) is 0.457. The van der Waals surface area contributed by atoms with Crippen LogP contribution >= 0.6 is 31.9 Å². The maximum atomic E-state index is 14.4. The van der Waals surface area contributed by atoms with E-state index in [9.17, 15) is 71.3 Å². The lowest BCUT2D eigenvalue weighted by Crippen LogP contribution is -2.47. The zero-order valence-electron chi connectivity index (χ0n) is 36.5. The molecule has 0 unspecified atom stereocenters. The van der Waals surface area contributed by atoms with Crippen LogP contribution in [-0.2, 0) is 66.0 Å². The Morgan fingerprint density at radius 2 is 1.35 bits per heavy atom. The normalized spacial score (nSPS) is 13.6. The second kappa shape index (κ2) is 25.4. The topological polar surface area (TPSA) is 300 Å². The zero-order valence-corrected chi connectivity index (χ0v) is 40.5. The number of rotatable bonds is 29. The Hall–Kier alpha value is -5.97. The lowest BCUT2D eigenvalue weighted by molar-refractivity contribution is -0.140. The Morgan fingerprint density at radius 1 is 0.706 bits per heavy atom. The Bertz CT molecular complexity index is 2680. The molecule has 2 amide bonds. The van der Waals surface area contributed by atoms with E-state index in [0.29, 0.717) is 10.0 Å². The molecule has 364 valence electrons. The number of hydrogen-bond acceptors (Lipinski definition) is 11. The van der Waals surface area contributed by atoms with Crippen molar-refractivity contribution in [2.75, 3.05) is 6.54 Å². The third-order valence-corrected chi connectivity index (χ3v) is 13.9. The van der Waals surface area contributed by atoms with E-state index in [4.69, 9.17) is 0 Å². The largest absolute Gasteiger partial charge is 0.481 e. The van der Waals surface area contributed by atoms with Crippen LogP contribution in [0.1, 0.15) is 69.4 Å². The highest BCUT2D eigenvalue weighted by atomic mass is 79.9. The molecule has 0 fully saturated rings. The monoisotopic (exact) mass is 1090 g/mol. The number of fused-ring (bicyclic) bond motifs is 1. The van der Waals surface area contributed by atoms with Crippen molar-refractivity contribution in [3.63, 3.8) is 0 Å². The number of carbonyl (C=O) groups is 9. The number of aliphatic carboxylic acids is 3. The Kier molecular flexibility index (Phi) is 20.4. The second-order valence-electron chi connectivity index (χ2n) is 16.2. The van der Waals surface area contributed by atoms with Gasteiger partial charge in [-0.15, -0.1) is 0 Å². The van der Waals surface area contributed by atoms with Crippen LogP contribution in [0, 0.1) is 23.6 Å². The molecule has 0 spiro atoms. The van der Waals surface area contributed by atoms with Gasteiger partial charge in [0.05, 0.1) is 29.9 Å². The first-order chi connectivity index (χ1) is 32.0. The Morgan fingerprint density at radius 3 is 1.99 bits per heavy atom. The molecule has 5 atom stereocenters. The van der Waals surface area contributed by atoms with Gasteiger partial charge in [-0.2, -0.15) is 0 Å². The van der Waals surface area contributed by atoms with Crippen LogP contribution < -0.4 is 15.4 Å². The molecule has 0 aliphatic carbocycles. The number of ketones is 4. The van der Waals surface area contributed by atoms with Gasteiger partial charge in [-0.25, -0.2) is 17.5 Å². The summed E-state index contributed by atoms with van der Waals surface area (Å²) in [7, 11) is -4.54. The number of carboxylic acid groups (broad SMARTS) is 3. The smallest absolute Gasteiger partial charge is 0.305 e. The van der Waals surface area contributed by atoms with E-state index in [1.165, 1.54) is 37.3 Å². The average molecular weight is 1090 g/mol. The molecule has 0 radical (unpaired) electrons. The molecule has 4 aromatic rings. The molecule has 7 N–H and O–H groups in total. The number of halogens is 3. The SMILES string of the molecule is CC(=O)[C@H](CCC(=O)O)CC(=O)[C@H](Cc1c[nH]c2ccccc12)NC(=O)[C@@H](CC(=O)CNC(=O)[C@H](CCC(=O)O)CC(=O)[C@@H](CC(=O)O)NS(=O)(=O)c1ccc(Br)cc1Br)Cc1cccc(F)c1. The van der Waals surface area contributed by atoms with Gasteiger partial charge in [0.2, 0.25) is 21.8 Å². The lowest BCUT2D eigenvalue weighted by atomic mass is 9.88. The molecule has 18 nitrogen and oxygen atoms in total. The van der Waals surface area contributed by atoms with Crippen molar-refractivity contribution in [2.24, 2.45) is 17.8 Å². The number of H-pyrrole nitrogens is 1. The third kappa shape index (κ3) is 17.0. The van der Waals surface area contributed by atoms with Gasteiger partial charge in [-0.3, -0.25) is 43.2 Å². The number of Topliss-reactive ketones (excluding diaryl/α,β-unsaturated/α-hetero) is 4. The zero-order chi connectivity index (χ0) is 50.3. The van der Waals surface area contributed by atoms with Gasteiger partial charge >= 0.3 is 17.9 Å². The number of hydrogen-bond donors (Lipinski definition) is 7. The average Bonchev–Trinajstić information content (AvgIpc) is 3.66. The molecule has 0 bridgehead atoms. The number of sulfonamides is 1. The maximum Gasteiger partial charge on any atom is 0.305 e. The minimum absolute atomic E-state index is 0.0754. The molecule has 3 aromatic carbocycles. The van der Waals surface area contributed by atoms with Gasteiger partial charge in [0, 0.05) is 82.3 Å². The molecule has 22 heteroatoms. The molecular weight excluding hydrogens is 1040 g/mol. The highest BCUT2D eigenvalue weighted by Crippen LogP contribution is 2.27. The van der Waals surface area contributed by atoms with Gasteiger partial charge in [0.25, 0.3) is 0 Å². The van der Waals surface area contributed by atoms with E-state index in [2.05, 4.69) is 52.2 Å². The Labute approximate surface area is 406 Å². The van der Waals surface area contributed by atoms with E-state index in [-0.39, 0.29) is 40.6 Å². The minimum atomic E-state index is -4.54. The molecule has 0 aliphatic rings. The molecule has 0 aliphatic heterocycles. The highest BCUT2D eigenvalue weighted by Gasteiger charge is 2.34. The van der Waals surface area contributed by atoms with Crippen LogP contribution in [-0.4, -0.2) is 100 Å². The van der Waals surface area contributed by atoms with Crippen molar-refractivity contribution >= 4 is 106 Å². The molecule has 0 saturated carbocycles. The number of para-hydroxylation sites is 1. The van der Waals surface area contributed by atoms with Crippen LogP contribution in [0.25, 0.3) is 10.9 Å². The summed E-state index contributed by atoms with van der Waals surface area (Å²) in [6, 6.07) is 13.1. The first kappa shape index (κ1) is 54.6. The second-order valence-corrected chi connectivity index (χ2v) is 19.6. The predicted molar refractivity (Wildman–Crippen MR) is 249 cm³/mol. The summed E-state index contributed by atoms with van der Waals surface area (Å²) in [5.74, 6) is -13.2. The fourth-order valence-corrected chi connectivity index (χ4v) is 10.4. The molecule has 1 heterocycles. The number of aromatic amines is 1. The predicted octanol–water partition coefficient (Wildman–Crippen LogP) is 5.08. The number of carboxylic acids is 3. The number of amides is 2. The van der Waals surface area contributed by atoms with Crippen molar-refractivity contribution in [1.29, 1.82) is 0 Å². The molecular formula is C46H49Br2FN4O14S. The summed E-state index contributed by atoms with van der Waals surface area (Å²) >= 11 is 6.31. The first-order valence-corrected chi connectivity index (χ1v) is 24.2.